The second kappa shape index (κ2) is 7.08. The molecule has 0 aliphatic carbocycles. The number of halogens is 1. The Morgan fingerprint density at radius 3 is 2.70 bits per heavy atom. The number of aromatic nitrogens is 1. The smallest absolute Gasteiger partial charge is 0.270 e. The van der Waals surface area contributed by atoms with Gasteiger partial charge in [0.15, 0.2) is 11.5 Å². The average Bonchev–Trinajstić information content (AvgIpc) is 2.90. The Morgan fingerprint density at radius 1 is 1.39 bits per heavy atom. The summed E-state index contributed by atoms with van der Waals surface area (Å²) < 4.78 is 7.93. The van der Waals surface area contributed by atoms with Gasteiger partial charge in [-0.2, -0.15) is 0 Å². The first kappa shape index (κ1) is 17.4. The molecule has 0 aliphatic rings. The lowest BCUT2D eigenvalue weighted by Gasteiger charge is -2.20. The fourth-order valence-corrected chi connectivity index (χ4v) is 2.84. The first-order valence-electron chi connectivity index (χ1n) is 7.32. The van der Waals surface area contributed by atoms with Crippen molar-refractivity contribution in [1.29, 1.82) is 0 Å². The normalized spacial score (nSPS) is 10.9. The van der Waals surface area contributed by atoms with Crippen molar-refractivity contribution in [3.8, 4) is 11.5 Å². The van der Waals surface area contributed by atoms with Gasteiger partial charge in [-0.3, -0.25) is 4.79 Å². The van der Waals surface area contributed by atoms with Gasteiger partial charge in [0.25, 0.3) is 5.91 Å². The third-order valence-corrected chi connectivity index (χ3v) is 4.03. The molecule has 0 saturated heterocycles. The summed E-state index contributed by atoms with van der Waals surface area (Å²) in [4.78, 5) is 14.4. The molecule has 5 nitrogen and oxygen atoms in total. The molecule has 1 heterocycles. The number of hydrogen-bond acceptors (Lipinski definition) is 3. The number of phenols is 1. The summed E-state index contributed by atoms with van der Waals surface area (Å²) in [7, 11) is 3.26. The number of carbonyl (C=O) groups is 1. The molecule has 0 bridgehead atoms. The van der Waals surface area contributed by atoms with Crippen LogP contribution in [0.4, 0.5) is 0 Å². The number of nitrogens with zero attached hydrogens (tertiary/aromatic N) is 2. The van der Waals surface area contributed by atoms with Gasteiger partial charge in [-0.25, -0.2) is 0 Å². The summed E-state index contributed by atoms with van der Waals surface area (Å²) in [5.41, 5.74) is 1.53. The molecule has 1 N–H and O–H groups in total. The molecule has 124 valence electrons. The van der Waals surface area contributed by atoms with Crippen molar-refractivity contribution in [2.24, 2.45) is 0 Å². The van der Waals surface area contributed by atoms with E-state index < -0.39 is 0 Å². The topological polar surface area (TPSA) is 54.7 Å². The third kappa shape index (κ3) is 3.88. The first-order chi connectivity index (χ1) is 10.8. The summed E-state index contributed by atoms with van der Waals surface area (Å²) in [5.74, 6) is 0.427. The van der Waals surface area contributed by atoms with Gasteiger partial charge >= 0.3 is 0 Å². The van der Waals surface area contributed by atoms with E-state index in [1.54, 1.807) is 30.1 Å². The lowest BCUT2D eigenvalue weighted by molar-refractivity contribution is 0.0772. The van der Waals surface area contributed by atoms with Crippen LogP contribution in [0, 0.1) is 0 Å². The Morgan fingerprint density at radius 2 is 2.09 bits per heavy atom. The highest BCUT2D eigenvalue weighted by atomic mass is 79.9. The van der Waals surface area contributed by atoms with Crippen molar-refractivity contribution in [3.63, 3.8) is 0 Å². The fraction of sp³-hybridized carbons (Fsp3) is 0.353. The average molecular weight is 381 g/mol. The fourth-order valence-electron chi connectivity index (χ4n) is 2.41. The van der Waals surface area contributed by atoms with Crippen LogP contribution in [-0.4, -0.2) is 34.6 Å². The largest absolute Gasteiger partial charge is 0.504 e. The van der Waals surface area contributed by atoms with Crippen LogP contribution in [0.25, 0.3) is 0 Å². The van der Waals surface area contributed by atoms with Crippen LogP contribution in [0.2, 0.25) is 0 Å². The van der Waals surface area contributed by atoms with Crippen LogP contribution >= 0.6 is 15.9 Å². The van der Waals surface area contributed by atoms with Crippen LogP contribution in [0.3, 0.4) is 0 Å². The predicted octanol–water partition coefficient (Wildman–Crippen LogP) is 3.82. The zero-order valence-corrected chi connectivity index (χ0v) is 15.3. The highest BCUT2D eigenvalue weighted by molar-refractivity contribution is 9.10. The Balaban J connectivity index is 2.20. The maximum Gasteiger partial charge on any atom is 0.270 e. The molecule has 0 spiro atoms. The quantitative estimate of drug-likeness (QED) is 0.857. The summed E-state index contributed by atoms with van der Waals surface area (Å²) >= 11 is 3.43. The zero-order chi connectivity index (χ0) is 17.1. The minimum atomic E-state index is -0.0589. The van der Waals surface area contributed by atoms with Crippen molar-refractivity contribution < 1.29 is 14.6 Å². The lowest BCUT2D eigenvalue weighted by Crippen LogP contribution is -2.28. The van der Waals surface area contributed by atoms with E-state index in [0.717, 1.165) is 10.0 Å². The molecular formula is C17H21BrN2O3. The van der Waals surface area contributed by atoms with E-state index in [0.29, 0.717) is 18.0 Å². The molecule has 1 aromatic carbocycles. The van der Waals surface area contributed by atoms with E-state index >= 15 is 0 Å². The molecule has 2 rings (SSSR count). The SMILES string of the molecule is COc1cc(CN(C)C(=O)c2cc(Br)cn2C(C)C)ccc1O. The number of carbonyl (C=O) groups excluding carboxylic acids is 1. The number of rotatable bonds is 5. The van der Waals surface area contributed by atoms with E-state index in [-0.39, 0.29) is 17.7 Å². The third-order valence-electron chi connectivity index (χ3n) is 3.60. The molecule has 0 atom stereocenters. The molecule has 1 aromatic heterocycles. The minimum absolute atomic E-state index is 0.0589. The van der Waals surface area contributed by atoms with Crippen molar-refractivity contribution in [2.45, 2.75) is 26.4 Å². The highest BCUT2D eigenvalue weighted by Gasteiger charge is 2.19. The standard InChI is InChI=1S/C17H21BrN2O3/c1-11(2)20-10-13(18)8-14(20)17(22)19(3)9-12-5-6-15(21)16(7-12)23-4/h5-8,10-11,21H,9H2,1-4H3. The Bertz CT molecular complexity index is 710. The van der Waals surface area contributed by atoms with Crippen molar-refractivity contribution >= 4 is 21.8 Å². The molecule has 0 aliphatic heterocycles. The predicted molar refractivity (Wildman–Crippen MR) is 93.0 cm³/mol. The second-order valence-corrected chi connectivity index (χ2v) is 6.63. The van der Waals surface area contributed by atoms with Crippen LogP contribution in [-0.2, 0) is 6.54 Å². The number of benzene rings is 1. The summed E-state index contributed by atoms with van der Waals surface area (Å²) in [6, 6.07) is 7.11. The van der Waals surface area contributed by atoms with Crippen molar-refractivity contribution in [1.82, 2.24) is 9.47 Å². The minimum Gasteiger partial charge on any atom is -0.504 e. The van der Waals surface area contributed by atoms with Gasteiger partial charge in [0.2, 0.25) is 0 Å². The maximum atomic E-state index is 12.7. The van der Waals surface area contributed by atoms with E-state index in [9.17, 15) is 9.90 Å². The number of aromatic hydroxyl groups is 1. The number of amides is 1. The van der Waals surface area contributed by atoms with Crippen LogP contribution < -0.4 is 4.74 Å². The first-order valence-corrected chi connectivity index (χ1v) is 8.11. The second-order valence-electron chi connectivity index (χ2n) is 5.71. The summed E-state index contributed by atoms with van der Waals surface area (Å²) in [5, 5.41) is 9.64. The zero-order valence-electron chi connectivity index (χ0n) is 13.7. The van der Waals surface area contributed by atoms with Gasteiger partial charge in [0, 0.05) is 30.3 Å². The van der Waals surface area contributed by atoms with Gasteiger partial charge in [-0.1, -0.05) is 6.07 Å². The van der Waals surface area contributed by atoms with Crippen molar-refractivity contribution in [3.05, 3.63) is 46.2 Å². The van der Waals surface area contributed by atoms with E-state index in [1.807, 2.05) is 30.7 Å². The molecule has 23 heavy (non-hydrogen) atoms. The van der Waals surface area contributed by atoms with Crippen LogP contribution in [0.15, 0.2) is 34.9 Å². The molecular weight excluding hydrogens is 360 g/mol. The van der Waals surface area contributed by atoms with E-state index in [1.165, 1.54) is 7.11 Å². The summed E-state index contributed by atoms with van der Waals surface area (Å²) in [6.07, 6.45) is 1.91. The molecule has 6 heteroatoms. The van der Waals surface area contributed by atoms with Crippen molar-refractivity contribution in [2.75, 3.05) is 14.2 Å². The number of hydrogen-bond donors (Lipinski definition) is 1. The maximum absolute atomic E-state index is 12.7. The molecule has 0 fully saturated rings. The monoisotopic (exact) mass is 380 g/mol. The number of ether oxygens (including phenoxy) is 1. The molecule has 0 unspecified atom stereocenters. The van der Waals surface area contributed by atoms with E-state index in [4.69, 9.17) is 4.74 Å². The Kier molecular flexibility index (Phi) is 5.36. The van der Waals surface area contributed by atoms with Crippen LogP contribution in [0.5, 0.6) is 11.5 Å². The van der Waals surface area contributed by atoms with E-state index in [2.05, 4.69) is 15.9 Å². The number of methoxy groups -OCH3 is 1. The number of phenolic OH excluding ortho intramolecular Hbond substituents is 1. The van der Waals surface area contributed by atoms with Gasteiger partial charge in [0.1, 0.15) is 5.69 Å². The highest BCUT2D eigenvalue weighted by Crippen LogP contribution is 2.27. The Hall–Kier alpha value is -1.95. The summed E-state index contributed by atoms with van der Waals surface area (Å²) in [6.45, 7) is 4.50. The van der Waals surface area contributed by atoms with Crippen LogP contribution in [0.1, 0.15) is 35.9 Å². The van der Waals surface area contributed by atoms with Gasteiger partial charge in [-0.15, -0.1) is 0 Å². The molecule has 2 aromatic rings. The molecule has 1 amide bonds. The lowest BCUT2D eigenvalue weighted by atomic mass is 10.2. The molecule has 0 saturated carbocycles. The molecule has 0 radical (unpaired) electrons. The van der Waals surface area contributed by atoms with Gasteiger partial charge < -0.3 is 19.3 Å². The van der Waals surface area contributed by atoms with Gasteiger partial charge in [0.05, 0.1) is 7.11 Å². The van der Waals surface area contributed by atoms with Gasteiger partial charge in [-0.05, 0) is 53.5 Å². The Labute approximate surface area is 144 Å².